The molecule has 124 valence electrons. The maximum atomic E-state index is 12.2. The number of likely N-dealkylation sites (N-methyl/N-ethyl adjacent to an activating group) is 1. The zero-order valence-electron chi connectivity index (χ0n) is 12.8. The monoisotopic (exact) mass is 340 g/mol. The summed E-state index contributed by atoms with van der Waals surface area (Å²) >= 11 is 1.63. The molecule has 0 aliphatic rings. The second kappa shape index (κ2) is 8.03. The Bertz CT molecular complexity index is 616. The van der Waals surface area contributed by atoms with E-state index in [2.05, 4.69) is 10.1 Å². The van der Waals surface area contributed by atoms with E-state index < -0.39 is 6.61 Å². The van der Waals surface area contributed by atoms with Gasteiger partial charge >= 0.3 is 6.61 Å². The molecule has 1 heterocycles. The van der Waals surface area contributed by atoms with Crippen molar-refractivity contribution in [2.45, 2.75) is 12.7 Å². The molecule has 0 saturated carbocycles. The molecular weight excluding hydrogens is 322 g/mol. The van der Waals surface area contributed by atoms with Crippen LogP contribution in [0.2, 0.25) is 0 Å². The lowest BCUT2D eigenvalue weighted by Gasteiger charge is -2.23. The first-order valence-electron chi connectivity index (χ1n) is 7.00. The number of rotatable bonds is 7. The van der Waals surface area contributed by atoms with Gasteiger partial charge in [0.25, 0.3) is 5.91 Å². The maximum Gasteiger partial charge on any atom is 0.387 e. The smallest absolute Gasteiger partial charge is 0.387 e. The molecule has 0 saturated heterocycles. The normalized spacial score (nSPS) is 12.4. The average Bonchev–Trinajstić information content (AvgIpc) is 3.01. The molecule has 23 heavy (non-hydrogen) atoms. The Morgan fingerprint density at radius 1 is 1.26 bits per heavy atom. The summed E-state index contributed by atoms with van der Waals surface area (Å²) in [6, 6.07) is 9.71. The first-order valence-corrected chi connectivity index (χ1v) is 7.88. The van der Waals surface area contributed by atoms with E-state index in [1.54, 1.807) is 11.3 Å². The molecule has 2 rings (SSSR count). The first-order chi connectivity index (χ1) is 11.0. The highest BCUT2D eigenvalue weighted by atomic mass is 32.1. The largest absolute Gasteiger partial charge is 0.435 e. The molecule has 0 spiro atoms. The third-order valence-electron chi connectivity index (χ3n) is 3.29. The quantitative estimate of drug-likeness (QED) is 0.840. The molecule has 1 atom stereocenters. The van der Waals surface area contributed by atoms with Crippen LogP contribution in [-0.4, -0.2) is 38.1 Å². The lowest BCUT2D eigenvalue weighted by Crippen LogP contribution is -2.34. The van der Waals surface area contributed by atoms with Crippen molar-refractivity contribution in [3.05, 3.63) is 52.2 Å². The summed E-state index contributed by atoms with van der Waals surface area (Å²) in [7, 11) is 3.90. The molecule has 1 aromatic carbocycles. The highest BCUT2D eigenvalue weighted by Gasteiger charge is 2.16. The zero-order chi connectivity index (χ0) is 16.8. The zero-order valence-corrected chi connectivity index (χ0v) is 13.6. The van der Waals surface area contributed by atoms with Gasteiger partial charge < -0.3 is 15.0 Å². The highest BCUT2D eigenvalue weighted by Crippen LogP contribution is 2.22. The van der Waals surface area contributed by atoms with Gasteiger partial charge in [-0.05, 0) is 49.8 Å². The van der Waals surface area contributed by atoms with Gasteiger partial charge in [0.05, 0.1) is 6.04 Å². The predicted molar refractivity (Wildman–Crippen MR) is 86.2 cm³/mol. The predicted octanol–water partition coefficient (Wildman–Crippen LogP) is 3.38. The van der Waals surface area contributed by atoms with Gasteiger partial charge in [-0.25, -0.2) is 0 Å². The van der Waals surface area contributed by atoms with Crippen molar-refractivity contribution in [1.82, 2.24) is 10.2 Å². The third-order valence-corrected chi connectivity index (χ3v) is 4.27. The molecule has 1 unspecified atom stereocenters. The number of alkyl halides is 2. The van der Waals surface area contributed by atoms with Crippen LogP contribution in [0.4, 0.5) is 8.78 Å². The van der Waals surface area contributed by atoms with Crippen molar-refractivity contribution in [3.8, 4) is 5.75 Å². The van der Waals surface area contributed by atoms with Crippen molar-refractivity contribution in [2.24, 2.45) is 0 Å². The van der Waals surface area contributed by atoms with E-state index >= 15 is 0 Å². The number of hydrogen-bond donors (Lipinski definition) is 1. The number of nitrogens with one attached hydrogen (secondary N) is 1. The fourth-order valence-corrected chi connectivity index (χ4v) is 3.02. The number of ether oxygens (including phenoxy) is 1. The molecule has 0 aliphatic heterocycles. The summed E-state index contributed by atoms with van der Waals surface area (Å²) in [5.74, 6) is -0.224. The standard InChI is InChI=1S/C16H18F2N2O2S/c1-20(2)13(14-4-3-9-23-14)10-19-15(21)11-5-7-12(8-6-11)22-16(17)18/h3-9,13,16H,10H2,1-2H3,(H,19,21). The van der Waals surface area contributed by atoms with Gasteiger partial charge in [-0.1, -0.05) is 6.07 Å². The Kier molecular flexibility index (Phi) is 6.06. The van der Waals surface area contributed by atoms with Gasteiger partial charge in [0, 0.05) is 17.0 Å². The summed E-state index contributed by atoms with van der Waals surface area (Å²) in [4.78, 5) is 15.4. The second-order valence-electron chi connectivity index (χ2n) is 5.11. The lowest BCUT2D eigenvalue weighted by molar-refractivity contribution is -0.0498. The minimum atomic E-state index is -2.87. The van der Waals surface area contributed by atoms with Crippen molar-refractivity contribution in [1.29, 1.82) is 0 Å². The number of amides is 1. The summed E-state index contributed by atoms with van der Waals surface area (Å²) < 4.78 is 28.4. The van der Waals surface area contributed by atoms with Crippen LogP contribution < -0.4 is 10.1 Å². The summed E-state index contributed by atoms with van der Waals surface area (Å²) in [5, 5.41) is 4.86. The topological polar surface area (TPSA) is 41.6 Å². The van der Waals surface area contributed by atoms with Crippen molar-refractivity contribution < 1.29 is 18.3 Å². The maximum absolute atomic E-state index is 12.2. The third kappa shape index (κ3) is 5.01. The van der Waals surface area contributed by atoms with E-state index in [0.29, 0.717) is 12.1 Å². The highest BCUT2D eigenvalue weighted by molar-refractivity contribution is 7.10. The van der Waals surface area contributed by atoms with Gasteiger partial charge in [-0.15, -0.1) is 11.3 Å². The molecule has 1 amide bonds. The van der Waals surface area contributed by atoms with E-state index in [0.717, 1.165) is 4.88 Å². The van der Waals surface area contributed by atoms with Gasteiger partial charge in [0.15, 0.2) is 0 Å². The molecule has 7 heteroatoms. The van der Waals surface area contributed by atoms with Crippen LogP contribution in [0.25, 0.3) is 0 Å². The molecule has 2 aromatic rings. The van der Waals surface area contributed by atoms with E-state index in [1.807, 2.05) is 36.5 Å². The van der Waals surface area contributed by atoms with Crippen LogP contribution in [0.3, 0.4) is 0 Å². The Hall–Kier alpha value is -1.99. The van der Waals surface area contributed by atoms with Gasteiger partial charge in [-0.2, -0.15) is 8.78 Å². The minimum Gasteiger partial charge on any atom is -0.435 e. The van der Waals surface area contributed by atoms with Crippen molar-refractivity contribution in [3.63, 3.8) is 0 Å². The Labute approximate surface area is 137 Å². The molecule has 4 nitrogen and oxygen atoms in total. The van der Waals surface area contributed by atoms with E-state index in [1.165, 1.54) is 24.3 Å². The summed E-state index contributed by atoms with van der Waals surface area (Å²) in [5.41, 5.74) is 0.398. The molecule has 1 N–H and O–H groups in total. The van der Waals surface area contributed by atoms with Crippen LogP contribution in [0, 0.1) is 0 Å². The average molecular weight is 340 g/mol. The van der Waals surface area contributed by atoms with E-state index in [-0.39, 0.29) is 17.7 Å². The molecule has 0 fully saturated rings. The fourth-order valence-electron chi connectivity index (χ4n) is 2.10. The summed E-state index contributed by atoms with van der Waals surface area (Å²) in [6.45, 7) is -2.41. The Morgan fingerprint density at radius 2 is 1.96 bits per heavy atom. The molecule has 1 aromatic heterocycles. The van der Waals surface area contributed by atoms with Crippen molar-refractivity contribution in [2.75, 3.05) is 20.6 Å². The number of carbonyl (C=O) groups excluding carboxylic acids is 1. The van der Waals surface area contributed by atoms with Crippen LogP contribution in [0.1, 0.15) is 21.3 Å². The lowest BCUT2D eigenvalue weighted by atomic mass is 10.2. The number of nitrogens with zero attached hydrogens (tertiary/aromatic N) is 1. The second-order valence-corrected chi connectivity index (χ2v) is 6.09. The number of benzene rings is 1. The molecule has 0 radical (unpaired) electrons. The van der Waals surface area contributed by atoms with Gasteiger partial charge in [0.2, 0.25) is 0 Å². The SMILES string of the molecule is CN(C)C(CNC(=O)c1ccc(OC(F)F)cc1)c1cccs1. The summed E-state index contributed by atoms with van der Waals surface area (Å²) in [6.07, 6.45) is 0. The van der Waals surface area contributed by atoms with E-state index in [4.69, 9.17) is 0 Å². The van der Waals surface area contributed by atoms with Gasteiger partial charge in [-0.3, -0.25) is 4.79 Å². The Morgan fingerprint density at radius 3 is 2.48 bits per heavy atom. The Balaban J connectivity index is 1.95. The van der Waals surface area contributed by atoms with Gasteiger partial charge in [0.1, 0.15) is 5.75 Å². The van der Waals surface area contributed by atoms with Crippen molar-refractivity contribution >= 4 is 17.2 Å². The van der Waals surface area contributed by atoms with E-state index in [9.17, 15) is 13.6 Å². The number of carbonyl (C=O) groups is 1. The van der Waals surface area contributed by atoms with Crippen LogP contribution in [0.5, 0.6) is 5.75 Å². The first kappa shape index (κ1) is 17.4. The van der Waals surface area contributed by atoms with Crippen LogP contribution in [-0.2, 0) is 0 Å². The van der Waals surface area contributed by atoms with Crippen LogP contribution in [0.15, 0.2) is 41.8 Å². The number of thiophene rings is 1. The number of halogens is 2. The number of hydrogen-bond acceptors (Lipinski definition) is 4. The molecule has 0 aliphatic carbocycles. The molecule has 0 bridgehead atoms. The minimum absolute atomic E-state index is 0.0290. The molecular formula is C16H18F2N2O2S. The van der Waals surface area contributed by atoms with Crippen LogP contribution >= 0.6 is 11.3 Å². The fraction of sp³-hybridized carbons (Fsp3) is 0.312.